The van der Waals surface area contributed by atoms with Gasteiger partial charge in [0.05, 0.1) is 12.6 Å². The third-order valence-electron chi connectivity index (χ3n) is 2.01. The van der Waals surface area contributed by atoms with E-state index in [0.717, 1.165) is 0 Å². The lowest BCUT2D eigenvalue weighted by atomic mass is 10.2. The van der Waals surface area contributed by atoms with Gasteiger partial charge in [-0.05, 0) is 12.5 Å². The van der Waals surface area contributed by atoms with Gasteiger partial charge in [0, 0.05) is 19.8 Å². The summed E-state index contributed by atoms with van der Waals surface area (Å²) in [5, 5.41) is 20.4. The number of ether oxygens (including phenoxy) is 1. The van der Waals surface area contributed by atoms with Crippen LogP contribution in [0.4, 0.5) is 5.88 Å². The molecule has 16 heavy (non-hydrogen) atoms. The molecule has 3 N–H and O–H groups in total. The molecule has 90 valence electrons. The molecule has 0 saturated carbocycles. The van der Waals surface area contributed by atoms with E-state index in [1.165, 1.54) is 12.1 Å². The molecular weight excluding hydrogens is 214 g/mol. The molecule has 0 fully saturated rings. The summed E-state index contributed by atoms with van der Waals surface area (Å²) >= 11 is 0. The third kappa shape index (κ3) is 3.56. The molecule has 0 aliphatic rings. The number of furan rings is 1. The van der Waals surface area contributed by atoms with Crippen molar-refractivity contribution in [3.05, 3.63) is 17.9 Å². The predicted molar refractivity (Wildman–Crippen MR) is 56.7 cm³/mol. The highest BCUT2D eigenvalue weighted by Gasteiger charge is 2.12. The van der Waals surface area contributed by atoms with Gasteiger partial charge in [0.2, 0.25) is 5.76 Å². The van der Waals surface area contributed by atoms with Gasteiger partial charge in [-0.25, -0.2) is 4.79 Å². The van der Waals surface area contributed by atoms with Crippen LogP contribution in [0, 0.1) is 0 Å². The average molecular weight is 229 g/mol. The van der Waals surface area contributed by atoms with Crippen molar-refractivity contribution in [2.24, 2.45) is 0 Å². The molecule has 1 heterocycles. The number of aliphatic hydroxyl groups is 1. The van der Waals surface area contributed by atoms with Crippen LogP contribution in [0.5, 0.6) is 0 Å². The fourth-order valence-corrected chi connectivity index (χ4v) is 1.29. The Labute approximate surface area is 92.8 Å². The molecule has 1 rings (SSSR count). The van der Waals surface area contributed by atoms with Crippen molar-refractivity contribution in [2.45, 2.75) is 12.5 Å². The first-order chi connectivity index (χ1) is 7.67. The monoisotopic (exact) mass is 229 g/mol. The first kappa shape index (κ1) is 12.5. The molecule has 1 aromatic heterocycles. The zero-order valence-electron chi connectivity index (χ0n) is 8.97. The zero-order chi connectivity index (χ0) is 12.0. The molecule has 0 aromatic carbocycles. The second kappa shape index (κ2) is 6.14. The number of methoxy groups -OCH3 is 1. The van der Waals surface area contributed by atoms with Crippen molar-refractivity contribution in [1.82, 2.24) is 0 Å². The van der Waals surface area contributed by atoms with E-state index in [9.17, 15) is 4.79 Å². The predicted octanol–water partition coefficient (Wildman–Crippen LogP) is 0.787. The minimum absolute atomic E-state index is 0.0214. The number of carboxylic acid groups (broad SMARTS) is 1. The Kier molecular flexibility index (Phi) is 4.81. The van der Waals surface area contributed by atoms with Crippen LogP contribution in [-0.4, -0.2) is 42.5 Å². The van der Waals surface area contributed by atoms with Crippen LogP contribution in [0.25, 0.3) is 0 Å². The third-order valence-corrected chi connectivity index (χ3v) is 2.01. The van der Waals surface area contributed by atoms with Crippen LogP contribution in [0.1, 0.15) is 17.0 Å². The van der Waals surface area contributed by atoms with Crippen molar-refractivity contribution in [3.63, 3.8) is 0 Å². The molecule has 0 saturated heterocycles. The molecule has 0 spiro atoms. The van der Waals surface area contributed by atoms with Crippen molar-refractivity contribution in [2.75, 3.05) is 25.6 Å². The summed E-state index contributed by atoms with van der Waals surface area (Å²) < 4.78 is 9.97. The Morgan fingerprint density at radius 2 is 2.38 bits per heavy atom. The second-order valence-electron chi connectivity index (χ2n) is 3.28. The van der Waals surface area contributed by atoms with E-state index in [1.54, 1.807) is 7.11 Å². The van der Waals surface area contributed by atoms with Crippen LogP contribution in [0.3, 0.4) is 0 Å². The lowest BCUT2D eigenvalue weighted by Gasteiger charge is -2.15. The first-order valence-electron chi connectivity index (χ1n) is 4.86. The lowest BCUT2D eigenvalue weighted by molar-refractivity contribution is 0.0663. The average Bonchev–Trinajstić information content (AvgIpc) is 2.67. The molecular formula is C10H15NO5. The van der Waals surface area contributed by atoms with Crippen LogP contribution < -0.4 is 5.32 Å². The minimum Gasteiger partial charge on any atom is -0.475 e. The van der Waals surface area contributed by atoms with Crippen LogP contribution >= 0.6 is 0 Å². The summed E-state index contributed by atoms with van der Waals surface area (Å²) in [6.45, 7) is 0.428. The number of rotatable bonds is 7. The lowest BCUT2D eigenvalue weighted by Crippen LogP contribution is -2.25. The van der Waals surface area contributed by atoms with E-state index in [2.05, 4.69) is 5.32 Å². The van der Waals surface area contributed by atoms with Crippen molar-refractivity contribution < 1.29 is 24.2 Å². The van der Waals surface area contributed by atoms with Gasteiger partial charge >= 0.3 is 5.97 Å². The Bertz CT molecular complexity index is 330. The number of hydrogen-bond acceptors (Lipinski definition) is 5. The summed E-state index contributed by atoms with van der Waals surface area (Å²) in [4.78, 5) is 10.6. The van der Waals surface area contributed by atoms with Gasteiger partial charge in [-0.1, -0.05) is 0 Å². The largest absolute Gasteiger partial charge is 0.475 e. The Hall–Kier alpha value is -1.53. The van der Waals surface area contributed by atoms with Gasteiger partial charge in [0.1, 0.15) is 0 Å². The quantitative estimate of drug-likeness (QED) is 0.640. The summed E-state index contributed by atoms with van der Waals surface area (Å²) in [6.07, 6.45) is 0.497. The highest BCUT2D eigenvalue weighted by atomic mass is 16.5. The highest BCUT2D eigenvalue weighted by Crippen LogP contribution is 2.15. The van der Waals surface area contributed by atoms with E-state index in [-0.39, 0.29) is 18.4 Å². The number of nitrogens with one attached hydrogen (secondary N) is 1. The maximum atomic E-state index is 10.6. The van der Waals surface area contributed by atoms with Crippen molar-refractivity contribution in [3.8, 4) is 0 Å². The fraction of sp³-hybridized carbons (Fsp3) is 0.500. The molecule has 0 bridgehead atoms. The number of hydrogen-bond donors (Lipinski definition) is 3. The number of carboxylic acids is 1. The standard InChI is InChI=1S/C10H15NO5/c1-15-6-7(4-5-12)11-9-3-2-8(16-9)10(13)14/h2-3,7,11-12H,4-6H2,1H3,(H,13,14). The summed E-state index contributed by atoms with van der Waals surface area (Å²) in [5.74, 6) is -0.880. The van der Waals surface area contributed by atoms with Crippen LogP contribution in [-0.2, 0) is 4.74 Å². The molecule has 1 unspecified atom stereocenters. The molecule has 0 aliphatic heterocycles. The van der Waals surface area contributed by atoms with Gasteiger partial charge in [-0.15, -0.1) is 0 Å². The first-order valence-corrected chi connectivity index (χ1v) is 4.86. The van der Waals surface area contributed by atoms with E-state index < -0.39 is 5.97 Å². The maximum Gasteiger partial charge on any atom is 0.371 e. The molecule has 6 heteroatoms. The second-order valence-corrected chi connectivity index (χ2v) is 3.28. The smallest absolute Gasteiger partial charge is 0.371 e. The van der Waals surface area contributed by atoms with Crippen LogP contribution in [0.15, 0.2) is 16.5 Å². The van der Waals surface area contributed by atoms with E-state index in [4.69, 9.17) is 19.4 Å². The van der Waals surface area contributed by atoms with E-state index in [1.807, 2.05) is 0 Å². The van der Waals surface area contributed by atoms with E-state index in [0.29, 0.717) is 18.9 Å². The summed E-state index contributed by atoms with van der Waals surface area (Å²) in [5.41, 5.74) is 0. The fourth-order valence-electron chi connectivity index (χ4n) is 1.29. The van der Waals surface area contributed by atoms with Crippen LogP contribution in [0.2, 0.25) is 0 Å². The van der Waals surface area contributed by atoms with Gasteiger partial charge in [0.25, 0.3) is 0 Å². The van der Waals surface area contributed by atoms with Gasteiger partial charge in [-0.2, -0.15) is 0 Å². The summed E-state index contributed by atoms with van der Waals surface area (Å²) in [7, 11) is 1.55. The number of aromatic carboxylic acids is 1. The molecule has 0 aliphatic carbocycles. The topological polar surface area (TPSA) is 91.9 Å². The molecule has 0 radical (unpaired) electrons. The molecule has 1 aromatic rings. The van der Waals surface area contributed by atoms with Gasteiger partial charge < -0.3 is 24.7 Å². The SMILES string of the molecule is COCC(CCO)Nc1ccc(C(=O)O)o1. The van der Waals surface area contributed by atoms with Crippen molar-refractivity contribution >= 4 is 11.9 Å². The Morgan fingerprint density at radius 3 is 2.88 bits per heavy atom. The number of carbonyl (C=O) groups is 1. The Morgan fingerprint density at radius 1 is 1.62 bits per heavy atom. The normalized spacial score (nSPS) is 12.4. The summed E-state index contributed by atoms with van der Waals surface area (Å²) in [6, 6.07) is 2.79. The maximum absolute atomic E-state index is 10.6. The highest BCUT2D eigenvalue weighted by molar-refractivity contribution is 5.84. The molecule has 6 nitrogen and oxygen atoms in total. The van der Waals surface area contributed by atoms with Gasteiger partial charge in [0.15, 0.2) is 5.88 Å². The van der Waals surface area contributed by atoms with Crippen molar-refractivity contribution in [1.29, 1.82) is 0 Å². The zero-order valence-corrected chi connectivity index (χ0v) is 8.97. The molecule has 1 atom stereocenters. The van der Waals surface area contributed by atoms with E-state index >= 15 is 0 Å². The van der Waals surface area contributed by atoms with Gasteiger partial charge in [-0.3, -0.25) is 0 Å². The number of anilines is 1. The number of aliphatic hydroxyl groups excluding tert-OH is 1. The Balaban J connectivity index is 2.58. The minimum atomic E-state index is -1.11. The molecule has 0 amide bonds.